The fourth-order valence-electron chi connectivity index (χ4n) is 3.74. The summed E-state index contributed by atoms with van der Waals surface area (Å²) in [7, 11) is 0. The number of ether oxygens (including phenoxy) is 2. The van der Waals surface area contributed by atoms with Crippen molar-refractivity contribution in [2.45, 2.75) is 25.4 Å². The van der Waals surface area contributed by atoms with Gasteiger partial charge in [0.05, 0.1) is 18.6 Å². The van der Waals surface area contributed by atoms with Gasteiger partial charge in [0, 0.05) is 19.5 Å². The summed E-state index contributed by atoms with van der Waals surface area (Å²) in [6.07, 6.45) is 0.727. The predicted molar refractivity (Wildman–Crippen MR) is 105 cm³/mol. The monoisotopic (exact) mass is 396 g/mol. The van der Waals surface area contributed by atoms with Crippen LogP contribution in [-0.4, -0.2) is 47.8 Å². The zero-order valence-electron chi connectivity index (χ0n) is 16.0. The SMILES string of the molecule is O=C(N[C@H](CO)Cc1ccccc1)[C@@H]1CC(=O)N(Cc2ccc3c(c2)OCO3)C1. The highest BCUT2D eigenvalue weighted by molar-refractivity contribution is 5.89. The average molecular weight is 396 g/mol. The van der Waals surface area contributed by atoms with Crippen LogP contribution < -0.4 is 14.8 Å². The molecule has 4 rings (SSSR count). The molecule has 7 nitrogen and oxygen atoms in total. The first-order valence-electron chi connectivity index (χ1n) is 9.74. The van der Waals surface area contributed by atoms with E-state index in [2.05, 4.69) is 5.32 Å². The van der Waals surface area contributed by atoms with Crippen LogP contribution in [0.4, 0.5) is 0 Å². The van der Waals surface area contributed by atoms with Gasteiger partial charge in [-0.2, -0.15) is 0 Å². The van der Waals surface area contributed by atoms with Gasteiger partial charge < -0.3 is 24.8 Å². The average Bonchev–Trinajstić information content (AvgIpc) is 3.34. The maximum atomic E-state index is 12.7. The molecule has 152 valence electrons. The Morgan fingerprint density at radius 2 is 1.93 bits per heavy atom. The molecule has 2 N–H and O–H groups in total. The van der Waals surface area contributed by atoms with Gasteiger partial charge in [-0.3, -0.25) is 9.59 Å². The molecule has 0 saturated carbocycles. The molecule has 2 heterocycles. The first kappa shape index (κ1) is 19.3. The Morgan fingerprint density at radius 1 is 1.14 bits per heavy atom. The van der Waals surface area contributed by atoms with Crippen LogP contribution in [-0.2, 0) is 22.6 Å². The lowest BCUT2D eigenvalue weighted by molar-refractivity contribution is -0.129. The number of aliphatic hydroxyl groups is 1. The van der Waals surface area contributed by atoms with Crippen LogP contribution in [0.5, 0.6) is 11.5 Å². The summed E-state index contributed by atoms with van der Waals surface area (Å²) in [6.45, 7) is 0.843. The number of rotatable bonds is 7. The van der Waals surface area contributed by atoms with E-state index in [1.54, 1.807) is 4.90 Å². The van der Waals surface area contributed by atoms with Gasteiger partial charge in [-0.1, -0.05) is 36.4 Å². The van der Waals surface area contributed by atoms with Crippen molar-refractivity contribution in [2.75, 3.05) is 19.9 Å². The number of amides is 2. The van der Waals surface area contributed by atoms with Crippen molar-refractivity contribution in [1.29, 1.82) is 0 Å². The third-order valence-electron chi connectivity index (χ3n) is 5.29. The van der Waals surface area contributed by atoms with Crippen molar-refractivity contribution in [3.8, 4) is 11.5 Å². The van der Waals surface area contributed by atoms with Crippen LogP contribution >= 0.6 is 0 Å². The summed E-state index contributed by atoms with van der Waals surface area (Å²) < 4.78 is 10.7. The molecule has 0 unspecified atom stereocenters. The van der Waals surface area contributed by atoms with Crippen LogP contribution in [0.1, 0.15) is 17.5 Å². The highest BCUT2D eigenvalue weighted by atomic mass is 16.7. The third-order valence-corrected chi connectivity index (χ3v) is 5.29. The molecule has 0 aliphatic carbocycles. The standard InChI is InChI=1S/C22H24N2O5/c25-13-18(8-15-4-2-1-3-5-15)23-22(27)17-10-21(26)24(12-17)11-16-6-7-19-20(9-16)29-14-28-19/h1-7,9,17-18,25H,8,10-14H2,(H,23,27)/t17-,18+/m1/s1. The van der Waals surface area contributed by atoms with Gasteiger partial charge >= 0.3 is 0 Å². The smallest absolute Gasteiger partial charge is 0.231 e. The lowest BCUT2D eigenvalue weighted by Gasteiger charge is -2.20. The molecule has 2 amide bonds. The number of hydrogen-bond acceptors (Lipinski definition) is 5. The van der Waals surface area contributed by atoms with E-state index in [1.165, 1.54) is 0 Å². The van der Waals surface area contributed by atoms with Crippen molar-refractivity contribution in [3.05, 3.63) is 59.7 Å². The fourth-order valence-corrected chi connectivity index (χ4v) is 3.74. The topological polar surface area (TPSA) is 88.1 Å². The maximum absolute atomic E-state index is 12.7. The second-order valence-electron chi connectivity index (χ2n) is 7.44. The largest absolute Gasteiger partial charge is 0.454 e. The zero-order valence-corrected chi connectivity index (χ0v) is 16.0. The number of hydrogen-bond donors (Lipinski definition) is 2. The molecule has 29 heavy (non-hydrogen) atoms. The molecule has 7 heteroatoms. The van der Waals surface area contributed by atoms with E-state index in [-0.39, 0.29) is 37.7 Å². The molecule has 2 aromatic carbocycles. The van der Waals surface area contributed by atoms with E-state index in [4.69, 9.17) is 9.47 Å². The first-order chi connectivity index (χ1) is 14.1. The summed E-state index contributed by atoms with van der Waals surface area (Å²) in [5, 5.41) is 12.5. The normalized spacial score (nSPS) is 18.7. The summed E-state index contributed by atoms with van der Waals surface area (Å²) in [4.78, 5) is 26.8. The number of nitrogens with zero attached hydrogens (tertiary/aromatic N) is 1. The number of nitrogens with one attached hydrogen (secondary N) is 1. The number of benzene rings is 2. The molecule has 1 fully saturated rings. The van der Waals surface area contributed by atoms with Crippen molar-refractivity contribution < 1.29 is 24.2 Å². The Bertz CT molecular complexity index is 886. The molecular formula is C22H24N2O5. The van der Waals surface area contributed by atoms with Gasteiger partial charge in [-0.15, -0.1) is 0 Å². The van der Waals surface area contributed by atoms with Gasteiger partial charge in [-0.25, -0.2) is 0 Å². The van der Waals surface area contributed by atoms with E-state index >= 15 is 0 Å². The number of likely N-dealkylation sites (tertiary alicyclic amines) is 1. The number of carbonyl (C=O) groups excluding carboxylic acids is 2. The van der Waals surface area contributed by atoms with Gasteiger partial charge in [0.1, 0.15) is 0 Å². The van der Waals surface area contributed by atoms with E-state index < -0.39 is 5.92 Å². The van der Waals surface area contributed by atoms with E-state index in [1.807, 2.05) is 48.5 Å². The van der Waals surface area contributed by atoms with Crippen molar-refractivity contribution >= 4 is 11.8 Å². The Balaban J connectivity index is 1.33. The van der Waals surface area contributed by atoms with E-state index in [0.29, 0.717) is 31.0 Å². The van der Waals surface area contributed by atoms with E-state index in [0.717, 1.165) is 11.1 Å². The van der Waals surface area contributed by atoms with Gasteiger partial charge in [0.15, 0.2) is 11.5 Å². The second kappa shape index (κ2) is 8.53. The number of carbonyl (C=O) groups is 2. The Hall–Kier alpha value is -3.06. The minimum absolute atomic E-state index is 0.0496. The molecular weight excluding hydrogens is 372 g/mol. The predicted octanol–water partition coefficient (Wildman–Crippen LogP) is 1.48. The zero-order chi connectivity index (χ0) is 20.2. The molecule has 2 aliphatic rings. The van der Waals surface area contributed by atoms with Crippen LogP contribution in [0.2, 0.25) is 0 Å². The molecule has 0 spiro atoms. The molecule has 1 saturated heterocycles. The lowest BCUT2D eigenvalue weighted by atomic mass is 10.0. The highest BCUT2D eigenvalue weighted by Crippen LogP contribution is 2.33. The van der Waals surface area contributed by atoms with Crippen molar-refractivity contribution in [3.63, 3.8) is 0 Å². The molecule has 2 aromatic rings. The van der Waals surface area contributed by atoms with Crippen LogP contribution in [0.3, 0.4) is 0 Å². The lowest BCUT2D eigenvalue weighted by Crippen LogP contribution is -2.43. The minimum Gasteiger partial charge on any atom is -0.454 e. The maximum Gasteiger partial charge on any atom is 0.231 e. The summed E-state index contributed by atoms with van der Waals surface area (Å²) >= 11 is 0. The Labute approximate surface area is 169 Å². The number of fused-ring (bicyclic) bond motifs is 1. The second-order valence-corrected chi connectivity index (χ2v) is 7.44. The molecule has 2 aliphatic heterocycles. The third kappa shape index (κ3) is 4.51. The van der Waals surface area contributed by atoms with Crippen LogP contribution in [0.15, 0.2) is 48.5 Å². The molecule has 0 radical (unpaired) electrons. The number of aliphatic hydroxyl groups excluding tert-OH is 1. The Kier molecular flexibility index (Phi) is 5.67. The quantitative estimate of drug-likeness (QED) is 0.740. The molecule has 0 bridgehead atoms. The fraction of sp³-hybridized carbons (Fsp3) is 0.364. The van der Waals surface area contributed by atoms with Crippen molar-refractivity contribution in [1.82, 2.24) is 10.2 Å². The van der Waals surface area contributed by atoms with Crippen molar-refractivity contribution in [2.24, 2.45) is 5.92 Å². The minimum atomic E-state index is -0.415. The van der Waals surface area contributed by atoms with E-state index in [9.17, 15) is 14.7 Å². The van der Waals surface area contributed by atoms with Gasteiger partial charge in [0.25, 0.3) is 0 Å². The van der Waals surface area contributed by atoms with Crippen LogP contribution in [0, 0.1) is 5.92 Å². The van der Waals surface area contributed by atoms with Gasteiger partial charge in [0.2, 0.25) is 18.6 Å². The first-order valence-corrected chi connectivity index (χ1v) is 9.74. The molecule has 0 aromatic heterocycles. The van der Waals surface area contributed by atoms with Gasteiger partial charge in [-0.05, 0) is 29.7 Å². The summed E-state index contributed by atoms with van der Waals surface area (Å²) in [5.74, 6) is 0.719. The van der Waals surface area contributed by atoms with Crippen LogP contribution in [0.25, 0.3) is 0 Å². The molecule has 2 atom stereocenters. The summed E-state index contributed by atoms with van der Waals surface area (Å²) in [5.41, 5.74) is 1.97. The Morgan fingerprint density at radius 3 is 2.72 bits per heavy atom. The summed E-state index contributed by atoms with van der Waals surface area (Å²) in [6, 6.07) is 14.9. The highest BCUT2D eigenvalue weighted by Gasteiger charge is 2.35.